The molecule has 0 saturated heterocycles. The van der Waals surface area contributed by atoms with Gasteiger partial charge in [0.25, 0.3) is 0 Å². The molecule has 0 aliphatic carbocycles. The van der Waals surface area contributed by atoms with Gasteiger partial charge in [-0.25, -0.2) is 4.98 Å². The summed E-state index contributed by atoms with van der Waals surface area (Å²) in [6.45, 7) is 5.88. The van der Waals surface area contributed by atoms with Crippen LogP contribution in [-0.2, 0) is 13.1 Å². The van der Waals surface area contributed by atoms with Gasteiger partial charge in [0.2, 0.25) is 0 Å². The zero-order valence-corrected chi connectivity index (χ0v) is 14.2. The number of aromatic nitrogens is 2. The summed E-state index contributed by atoms with van der Waals surface area (Å²) in [5.41, 5.74) is 3.50. The summed E-state index contributed by atoms with van der Waals surface area (Å²) >= 11 is 7.49. The Bertz CT molecular complexity index is 780. The van der Waals surface area contributed by atoms with E-state index in [1.165, 1.54) is 11.1 Å². The summed E-state index contributed by atoms with van der Waals surface area (Å²) in [4.78, 5) is 5.89. The normalized spacial score (nSPS) is 11.2. The fourth-order valence-electron chi connectivity index (χ4n) is 2.46. The maximum atomic E-state index is 5.90. The standard InChI is InChI=1S/C17H18ClN3S/c1-3-21-16-9-4-12(2)10-15(16)20-17(21)11-19-22-14-7-5-13(18)6-8-14/h4-10,19H,3,11H2,1-2H3. The van der Waals surface area contributed by atoms with Gasteiger partial charge in [-0.15, -0.1) is 0 Å². The average Bonchev–Trinajstić information content (AvgIpc) is 2.85. The highest BCUT2D eigenvalue weighted by atomic mass is 35.5. The van der Waals surface area contributed by atoms with Crippen LogP contribution in [0.3, 0.4) is 0 Å². The molecule has 1 N–H and O–H groups in total. The lowest BCUT2D eigenvalue weighted by Gasteiger charge is -2.07. The second kappa shape index (κ2) is 6.73. The van der Waals surface area contributed by atoms with Crippen LogP contribution in [0.5, 0.6) is 0 Å². The molecule has 0 amide bonds. The molecule has 0 radical (unpaired) electrons. The number of hydrogen-bond donors (Lipinski definition) is 1. The van der Waals surface area contributed by atoms with Gasteiger partial charge in [0, 0.05) is 16.5 Å². The van der Waals surface area contributed by atoms with E-state index in [1.807, 2.05) is 24.3 Å². The van der Waals surface area contributed by atoms with Gasteiger partial charge >= 0.3 is 0 Å². The van der Waals surface area contributed by atoms with E-state index in [0.29, 0.717) is 0 Å². The number of nitrogens with zero attached hydrogens (tertiary/aromatic N) is 2. The monoisotopic (exact) mass is 331 g/mol. The molecule has 22 heavy (non-hydrogen) atoms. The summed E-state index contributed by atoms with van der Waals surface area (Å²) in [6.07, 6.45) is 0. The molecular formula is C17H18ClN3S. The summed E-state index contributed by atoms with van der Waals surface area (Å²) in [5, 5.41) is 0.757. The molecule has 1 aromatic heterocycles. The summed E-state index contributed by atoms with van der Waals surface area (Å²) in [7, 11) is 0. The van der Waals surface area contributed by atoms with Gasteiger partial charge in [0.15, 0.2) is 0 Å². The SMILES string of the molecule is CCn1c(CNSc2ccc(Cl)cc2)nc2cc(C)ccc21. The molecular weight excluding hydrogens is 314 g/mol. The first-order valence-electron chi connectivity index (χ1n) is 7.28. The van der Waals surface area contributed by atoms with Gasteiger partial charge in [-0.2, -0.15) is 0 Å². The number of imidazole rings is 1. The minimum absolute atomic E-state index is 0.717. The van der Waals surface area contributed by atoms with Crippen LogP contribution < -0.4 is 4.72 Å². The maximum absolute atomic E-state index is 5.90. The zero-order valence-electron chi connectivity index (χ0n) is 12.6. The molecule has 3 aromatic rings. The van der Waals surface area contributed by atoms with Crippen molar-refractivity contribution in [2.75, 3.05) is 0 Å². The van der Waals surface area contributed by atoms with Gasteiger partial charge in [-0.05, 0) is 67.8 Å². The molecule has 0 unspecified atom stereocenters. The number of hydrogen-bond acceptors (Lipinski definition) is 3. The highest BCUT2D eigenvalue weighted by Crippen LogP contribution is 2.20. The van der Waals surface area contributed by atoms with Crippen LogP contribution in [0, 0.1) is 6.92 Å². The lowest BCUT2D eigenvalue weighted by molar-refractivity contribution is 0.705. The van der Waals surface area contributed by atoms with Crippen LogP contribution in [0.4, 0.5) is 0 Å². The molecule has 0 atom stereocenters. The highest BCUT2D eigenvalue weighted by Gasteiger charge is 2.09. The Morgan fingerprint density at radius 2 is 1.95 bits per heavy atom. The predicted octanol–water partition coefficient (Wildman–Crippen LogP) is 4.81. The first kappa shape index (κ1) is 15.4. The Hall–Kier alpha value is -1.49. The van der Waals surface area contributed by atoms with Crippen LogP contribution in [0.2, 0.25) is 5.02 Å². The lowest BCUT2D eigenvalue weighted by Crippen LogP contribution is -2.10. The van der Waals surface area contributed by atoms with E-state index in [4.69, 9.17) is 16.6 Å². The van der Waals surface area contributed by atoms with Crippen LogP contribution >= 0.6 is 23.5 Å². The van der Waals surface area contributed by atoms with Crippen molar-refractivity contribution in [2.24, 2.45) is 0 Å². The quantitative estimate of drug-likeness (QED) is 0.680. The molecule has 114 valence electrons. The number of fused-ring (bicyclic) bond motifs is 1. The van der Waals surface area contributed by atoms with Gasteiger partial charge in [-0.1, -0.05) is 17.7 Å². The fourth-order valence-corrected chi connectivity index (χ4v) is 3.23. The van der Waals surface area contributed by atoms with Crippen LogP contribution in [-0.4, -0.2) is 9.55 Å². The Kier molecular flexibility index (Phi) is 4.71. The first-order valence-corrected chi connectivity index (χ1v) is 8.48. The molecule has 1 heterocycles. The topological polar surface area (TPSA) is 29.9 Å². The second-order valence-electron chi connectivity index (χ2n) is 5.14. The Morgan fingerprint density at radius 1 is 1.18 bits per heavy atom. The molecule has 0 aliphatic heterocycles. The summed E-state index contributed by atoms with van der Waals surface area (Å²) in [5.74, 6) is 1.06. The van der Waals surface area contributed by atoms with Gasteiger partial charge in [0.05, 0.1) is 17.6 Å². The molecule has 2 aromatic carbocycles. The number of nitrogens with one attached hydrogen (secondary N) is 1. The van der Waals surface area contributed by atoms with E-state index in [1.54, 1.807) is 11.9 Å². The van der Waals surface area contributed by atoms with E-state index < -0.39 is 0 Å². The van der Waals surface area contributed by atoms with E-state index in [-0.39, 0.29) is 0 Å². The minimum Gasteiger partial charge on any atom is -0.327 e. The second-order valence-corrected chi connectivity index (χ2v) is 6.54. The fraction of sp³-hybridized carbons (Fsp3) is 0.235. The Balaban J connectivity index is 1.74. The molecule has 5 heteroatoms. The average molecular weight is 332 g/mol. The van der Waals surface area contributed by atoms with Crippen LogP contribution in [0.1, 0.15) is 18.3 Å². The molecule has 0 spiro atoms. The maximum Gasteiger partial charge on any atom is 0.124 e. The third kappa shape index (κ3) is 3.29. The third-order valence-corrected chi connectivity index (χ3v) is 4.58. The molecule has 0 fully saturated rings. The van der Waals surface area contributed by atoms with E-state index in [2.05, 4.69) is 41.3 Å². The minimum atomic E-state index is 0.717. The van der Waals surface area contributed by atoms with Crippen molar-refractivity contribution >= 4 is 34.6 Å². The molecule has 3 rings (SSSR count). The lowest BCUT2D eigenvalue weighted by atomic mass is 10.2. The van der Waals surface area contributed by atoms with Crippen molar-refractivity contribution < 1.29 is 0 Å². The molecule has 3 nitrogen and oxygen atoms in total. The first-order chi connectivity index (χ1) is 10.7. The summed E-state index contributed by atoms with van der Waals surface area (Å²) < 4.78 is 5.63. The predicted molar refractivity (Wildman–Crippen MR) is 94.3 cm³/mol. The van der Waals surface area contributed by atoms with Crippen molar-refractivity contribution in [2.45, 2.75) is 31.8 Å². The number of rotatable bonds is 5. The Morgan fingerprint density at radius 3 is 2.68 bits per heavy atom. The third-order valence-electron chi connectivity index (χ3n) is 3.53. The van der Waals surface area contributed by atoms with Crippen LogP contribution in [0.15, 0.2) is 47.4 Å². The van der Waals surface area contributed by atoms with Crippen molar-refractivity contribution in [3.05, 3.63) is 58.9 Å². The van der Waals surface area contributed by atoms with Gasteiger partial charge < -0.3 is 4.57 Å². The Labute approximate surface area is 139 Å². The number of halogens is 1. The number of aryl methyl sites for hydroxylation is 2. The van der Waals surface area contributed by atoms with Crippen molar-refractivity contribution in [3.63, 3.8) is 0 Å². The zero-order chi connectivity index (χ0) is 15.5. The smallest absolute Gasteiger partial charge is 0.124 e. The van der Waals surface area contributed by atoms with E-state index >= 15 is 0 Å². The summed E-state index contributed by atoms with van der Waals surface area (Å²) in [6, 6.07) is 14.2. The number of benzene rings is 2. The highest BCUT2D eigenvalue weighted by molar-refractivity contribution is 7.97. The van der Waals surface area contributed by atoms with Crippen molar-refractivity contribution in [1.29, 1.82) is 0 Å². The molecule has 0 bridgehead atoms. The van der Waals surface area contributed by atoms with E-state index in [0.717, 1.165) is 34.3 Å². The van der Waals surface area contributed by atoms with Gasteiger partial charge in [0.1, 0.15) is 5.82 Å². The van der Waals surface area contributed by atoms with Crippen LogP contribution in [0.25, 0.3) is 11.0 Å². The van der Waals surface area contributed by atoms with E-state index in [9.17, 15) is 0 Å². The van der Waals surface area contributed by atoms with Crippen molar-refractivity contribution in [3.8, 4) is 0 Å². The van der Waals surface area contributed by atoms with Crippen molar-refractivity contribution in [1.82, 2.24) is 14.3 Å². The molecule has 0 aliphatic rings. The molecule has 0 saturated carbocycles. The largest absolute Gasteiger partial charge is 0.327 e. The van der Waals surface area contributed by atoms with Gasteiger partial charge in [-0.3, -0.25) is 4.72 Å².